The lowest BCUT2D eigenvalue weighted by Gasteiger charge is -2.34. The zero-order valence-corrected chi connectivity index (χ0v) is 39.3. The van der Waals surface area contributed by atoms with Crippen molar-refractivity contribution in [2.45, 2.75) is 0 Å². The maximum atomic E-state index is 5.34. The van der Waals surface area contributed by atoms with Crippen molar-refractivity contribution >= 4 is 82.1 Å². The summed E-state index contributed by atoms with van der Waals surface area (Å²) >= 11 is 1.84. The Balaban J connectivity index is 0.992. The highest BCUT2D eigenvalue weighted by molar-refractivity contribution is 7.26. The summed E-state index contributed by atoms with van der Waals surface area (Å²) in [6.07, 6.45) is 0. The van der Waals surface area contributed by atoms with Crippen LogP contribution < -0.4 is 20.7 Å². The molecule has 0 fully saturated rings. The number of rotatable bonds is 9. The van der Waals surface area contributed by atoms with Crippen molar-refractivity contribution in [3.63, 3.8) is 0 Å². The van der Waals surface area contributed by atoms with Crippen LogP contribution in [0, 0.1) is 0 Å². The monoisotopic (exact) mass is 914 g/mol. The van der Waals surface area contributed by atoms with Gasteiger partial charge in [-0.25, -0.2) is 15.0 Å². The van der Waals surface area contributed by atoms with E-state index in [-0.39, 0.29) is 0 Å². The normalized spacial score (nSPS) is 11.8. The molecule has 0 spiro atoms. The molecular formula is C63H42N4SSi. The number of fused-ring (bicyclic) bond motifs is 6. The number of aromatic nitrogens is 4. The predicted octanol–water partition coefficient (Wildman–Crippen LogP) is 13.4. The first-order valence-electron chi connectivity index (χ1n) is 23.3. The smallest absolute Gasteiger partial charge is 0.179 e. The molecule has 0 aliphatic heterocycles. The van der Waals surface area contributed by atoms with Gasteiger partial charge < -0.3 is 4.57 Å². The number of hydrogen-bond acceptors (Lipinski definition) is 4. The second-order valence-electron chi connectivity index (χ2n) is 17.5. The van der Waals surface area contributed by atoms with Gasteiger partial charge in [0.2, 0.25) is 0 Å². The average molecular weight is 915 g/mol. The number of para-hydroxylation sites is 2. The Morgan fingerprint density at radius 2 is 0.768 bits per heavy atom. The highest BCUT2D eigenvalue weighted by Gasteiger charge is 2.41. The molecule has 69 heavy (non-hydrogen) atoms. The zero-order chi connectivity index (χ0) is 45.7. The van der Waals surface area contributed by atoms with E-state index in [1.54, 1.807) is 0 Å². The van der Waals surface area contributed by atoms with Crippen LogP contribution in [0.2, 0.25) is 0 Å². The molecule has 0 saturated carbocycles. The highest BCUT2D eigenvalue weighted by Crippen LogP contribution is 2.41. The SMILES string of the molecule is c1ccc([Si](c2ccccc2)(c2ccccc2)c2ccc(-c3nc(-c4cccc(-c5cccc6sc7ccccc7c56)c4)nc(-c4cccc(-n5c6ccccc6c6ccccc65)c4)n3)cc2)cc1. The molecule has 0 saturated heterocycles. The lowest BCUT2D eigenvalue weighted by molar-refractivity contribution is 1.07. The number of nitrogens with zero attached hydrogens (tertiary/aromatic N) is 4. The van der Waals surface area contributed by atoms with Crippen molar-refractivity contribution < 1.29 is 0 Å². The van der Waals surface area contributed by atoms with Gasteiger partial charge in [0, 0.05) is 53.3 Å². The van der Waals surface area contributed by atoms with Crippen LogP contribution >= 0.6 is 11.3 Å². The van der Waals surface area contributed by atoms with E-state index in [9.17, 15) is 0 Å². The number of thiophene rings is 1. The van der Waals surface area contributed by atoms with Crippen LogP contribution in [0.25, 0.3) is 93.0 Å². The topological polar surface area (TPSA) is 43.6 Å². The third-order valence-corrected chi connectivity index (χ3v) is 19.5. The highest BCUT2D eigenvalue weighted by atomic mass is 32.1. The molecule has 0 aliphatic carbocycles. The van der Waals surface area contributed by atoms with Crippen molar-refractivity contribution in [3.05, 3.63) is 255 Å². The summed E-state index contributed by atoms with van der Waals surface area (Å²) < 4.78 is 4.90. The number of benzene rings is 10. The van der Waals surface area contributed by atoms with E-state index in [1.165, 1.54) is 57.3 Å². The molecular weight excluding hydrogens is 873 g/mol. The third-order valence-electron chi connectivity index (χ3n) is 13.6. The van der Waals surface area contributed by atoms with Gasteiger partial charge in [-0.2, -0.15) is 0 Å². The van der Waals surface area contributed by atoms with Crippen LogP contribution in [-0.2, 0) is 0 Å². The summed E-state index contributed by atoms with van der Waals surface area (Å²) in [6, 6.07) is 92.0. The van der Waals surface area contributed by atoms with Crippen molar-refractivity contribution in [2.24, 2.45) is 0 Å². The van der Waals surface area contributed by atoms with Gasteiger partial charge in [-0.05, 0) is 74.3 Å². The molecule has 0 amide bonds. The van der Waals surface area contributed by atoms with Crippen LogP contribution in [0.1, 0.15) is 0 Å². The maximum Gasteiger partial charge on any atom is 0.179 e. The first-order valence-corrected chi connectivity index (χ1v) is 26.2. The quantitative estimate of drug-likeness (QED) is 0.107. The first-order chi connectivity index (χ1) is 34.2. The Morgan fingerprint density at radius 3 is 1.38 bits per heavy atom. The fourth-order valence-electron chi connectivity index (χ4n) is 10.5. The van der Waals surface area contributed by atoms with E-state index >= 15 is 0 Å². The Kier molecular flexibility index (Phi) is 10.00. The molecule has 6 heteroatoms. The molecule has 13 aromatic rings. The van der Waals surface area contributed by atoms with Crippen LogP contribution in [0.3, 0.4) is 0 Å². The fraction of sp³-hybridized carbons (Fsp3) is 0. The minimum absolute atomic E-state index is 0.611. The van der Waals surface area contributed by atoms with Gasteiger partial charge in [0.25, 0.3) is 0 Å². The van der Waals surface area contributed by atoms with Gasteiger partial charge in [-0.3, -0.25) is 0 Å². The lowest BCUT2D eigenvalue weighted by atomic mass is 9.98. The van der Waals surface area contributed by atoms with Gasteiger partial charge in [-0.1, -0.05) is 212 Å². The molecule has 324 valence electrons. The van der Waals surface area contributed by atoms with E-state index < -0.39 is 8.07 Å². The van der Waals surface area contributed by atoms with Gasteiger partial charge in [0.15, 0.2) is 25.5 Å². The summed E-state index contributed by atoms with van der Waals surface area (Å²) in [7, 11) is -2.75. The molecule has 0 unspecified atom stereocenters. The van der Waals surface area contributed by atoms with Gasteiger partial charge in [-0.15, -0.1) is 11.3 Å². The van der Waals surface area contributed by atoms with E-state index in [2.05, 4.69) is 259 Å². The van der Waals surface area contributed by atoms with Gasteiger partial charge in [0.05, 0.1) is 11.0 Å². The molecule has 0 aliphatic rings. The van der Waals surface area contributed by atoms with Crippen molar-refractivity contribution in [2.75, 3.05) is 0 Å². The Morgan fingerprint density at radius 1 is 0.319 bits per heavy atom. The minimum Gasteiger partial charge on any atom is -0.309 e. The minimum atomic E-state index is -2.75. The van der Waals surface area contributed by atoms with Gasteiger partial charge in [0.1, 0.15) is 0 Å². The predicted molar refractivity (Wildman–Crippen MR) is 292 cm³/mol. The van der Waals surface area contributed by atoms with E-state index in [1.807, 2.05) is 11.3 Å². The summed E-state index contributed by atoms with van der Waals surface area (Å²) in [5.41, 5.74) is 8.41. The zero-order valence-electron chi connectivity index (χ0n) is 37.4. The molecule has 0 radical (unpaired) electrons. The molecule has 0 bridgehead atoms. The maximum absolute atomic E-state index is 5.34. The Bertz CT molecular complexity index is 3860. The summed E-state index contributed by atoms with van der Waals surface area (Å²) in [5.74, 6) is 1.85. The van der Waals surface area contributed by atoms with Crippen molar-refractivity contribution in [1.82, 2.24) is 19.5 Å². The lowest BCUT2D eigenvalue weighted by Crippen LogP contribution is -2.74. The second kappa shape index (κ2) is 17.0. The van der Waals surface area contributed by atoms with E-state index in [4.69, 9.17) is 15.0 Å². The Labute approximate surface area is 405 Å². The van der Waals surface area contributed by atoms with E-state index in [0.717, 1.165) is 39.0 Å². The van der Waals surface area contributed by atoms with Crippen LogP contribution in [0.4, 0.5) is 0 Å². The van der Waals surface area contributed by atoms with Crippen molar-refractivity contribution in [1.29, 1.82) is 0 Å². The summed E-state index contributed by atoms with van der Waals surface area (Å²) in [6.45, 7) is 0. The largest absolute Gasteiger partial charge is 0.309 e. The molecule has 13 rings (SSSR count). The molecule has 0 atom stereocenters. The van der Waals surface area contributed by atoms with Gasteiger partial charge >= 0.3 is 0 Å². The average Bonchev–Trinajstić information content (AvgIpc) is 3.98. The van der Waals surface area contributed by atoms with Crippen LogP contribution in [0.15, 0.2) is 255 Å². The molecule has 4 nitrogen and oxygen atoms in total. The first kappa shape index (κ1) is 40.7. The molecule has 10 aromatic carbocycles. The van der Waals surface area contributed by atoms with Crippen molar-refractivity contribution in [3.8, 4) is 51.0 Å². The van der Waals surface area contributed by atoms with Crippen LogP contribution in [-0.4, -0.2) is 27.6 Å². The molecule has 0 N–H and O–H groups in total. The van der Waals surface area contributed by atoms with Crippen LogP contribution in [0.5, 0.6) is 0 Å². The number of hydrogen-bond donors (Lipinski definition) is 0. The molecule has 3 aromatic heterocycles. The second-order valence-corrected chi connectivity index (χ2v) is 22.4. The summed E-state index contributed by atoms with van der Waals surface area (Å²) in [5, 5.41) is 10.3. The fourth-order valence-corrected chi connectivity index (χ4v) is 16.4. The van der Waals surface area contributed by atoms with E-state index in [0.29, 0.717) is 17.5 Å². The molecule has 3 heterocycles. The Hall–Kier alpha value is -8.55. The standard InChI is InChI=1S/C63H42N4SSi/c1-4-23-48(24-5-1)69(49-25-6-2-7-26-49,50-27-8-3-9-28-50)51-39-37-43(38-40-51)61-64-62(45-20-16-19-44(41-45)52-32-18-36-59-60(52)55-31-12-15-35-58(55)68-59)66-63(65-61)46-21-17-22-47(42-46)67-56-33-13-10-29-53(56)54-30-11-14-34-57(54)67/h1-42H. The third kappa shape index (κ3) is 6.91. The summed E-state index contributed by atoms with van der Waals surface area (Å²) in [4.78, 5) is 16.0.